The molecule has 0 amide bonds. The van der Waals surface area contributed by atoms with Gasteiger partial charge in [-0.1, -0.05) is 13.8 Å². The Kier molecular flexibility index (Phi) is 4.49. The molecular weight excluding hydrogens is 282 g/mol. The number of carbonyl (C=O) groups is 1. The van der Waals surface area contributed by atoms with Crippen LogP contribution in [0.3, 0.4) is 0 Å². The predicted octanol–water partition coefficient (Wildman–Crippen LogP) is 1.98. The van der Waals surface area contributed by atoms with Crippen molar-refractivity contribution in [3.05, 3.63) is 15.9 Å². The zero-order chi connectivity index (χ0) is 13.2. The number of hydrogen-bond acceptors (Lipinski definition) is 3. The quantitative estimate of drug-likeness (QED) is 0.905. The van der Waals surface area contributed by atoms with Crippen molar-refractivity contribution in [2.24, 2.45) is 12.8 Å². The van der Waals surface area contributed by atoms with Crippen LogP contribution < -0.4 is 5.73 Å². The first kappa shape index (κ1) is 14.4. The fourth-order valence-electron chi connectivity index (χ4n) is 1.56. The Labute approximate surface area is 111 Å². The Morgan fingerprint density at radius 2 is 2.12 bits per heavy atom. The second-order valence-electron chi connectivity index (χ2n) is 4.56. The van der Waals surface area contributed by atoms with Gasteiger partial charge < -0.3 is 5.73 Å². The van der Waals surface area contributed by atoms with Crippen molar-refractivity contribution < 1.29 is 4.79 Å². The third kappa shape index (κ3) is 2.96. The SMILES string of the molecule is CCc1nn(C)c(CC(=O)C(C)(N)CC)c1Br. The highest BCUT2D eigenvalue weighted by atomic mass is 79.9. The fourth-order valence-corrected chi connectivity index (χ4v) is 2.32. The number of carbonyl (C=O) groups excluding carboxylic acids is 1. The lowest BCUT2D eigenvalue weighted by molar-refractivity contribution is -0.123. The van der Waals surface area contributed by atoms with E-state index in [-0.39, 0.29) is 5.78 Å². The summed E-state index contributed by atoms with van der Waals surface area (Å²) in [7, 11) is 1.85. The lowest BCUT2D eigenvalue weighted by atomic mass is 9.91. The number of halogens is 1. The van der Waals surface area contributed by atoms with Crippen molar-refractivity contribution in [3.8, 4) is 0 Å². The molecule has 0 fully saturated rings. The average molecular weight is 302 g/mol. The van der Waals surface area contributed by atoms with Crippen LogP contribution in [0, 0.1) is 0 Å². The monoisotopic (exact) mass is 301 g/mol. The minimum Gasteiger partial charge on any atom is -0.319 e. The largest absolute Gasteiger partial charge is 0.319 e. The number of rotatable bonds is 5. The molecule has 0 aliphatic heterocycles. The van der Waals surface area contributed by atoms with Crippen LogP contribution in [0.4, 0.5) is 0 Å². The highest BCUT2D eigenvalue weighted by Gasteiger charge is 2.28. The Balaban J connectivity index is 2.97. The molecule has 0 aliphatic rings. The summed E-state index contributed by atoms with van der Waals surface area (Å²) in [4.78, 5) is 12.1. The molecule has 0 aliphatic carbocycles. The summed E-state index contributed by atoms with van der Waals surface area (Å²) in [6.07, 6.45) is 1.81. The van der Waals surface area contributed by atoms with Crippen molar-refractivity contribution in [2.75, 3.05) is 0 Å². The molecular formula is C12H20BrN3O. The molecule has 1 atom stereocenters. The molecule has 5 heteroatoms. The van der Waals surface area contributed by atoms with E-state index in [1.165, 1.54) is 0 Å². The molecule has 0 aromatic carbocycles. The molecule has 96 valence electrons. The molecule has 1 rings (SSSR count). The van der Waals surface area contributed by atoms with Gasteiger partial charge >= 0.3 is 0 Å². The molecule has 17 heavy (non-hydrogen) atoms. The second-order valence-corrected chi connectivity index (χ2v) is 5.35. The lowest BCUT2D eigenvalue weighted by Gasteiger charge is -2.20. The highest BCUT2D eigenvalue weighted by molar-refractivity contribution is 9.10. The van der Waals surface area contributed by atoms with Crippen LogP contribution in [0.25, 0.3) is 0 Å². The van der Waals surface area contributed by atoms with Gasteiger partial charge in [0, 0.05) is 7.05 Å². The molecule has 0 spiro atoms. The van der Waals surface area contributed by atoms with Gasteiger partial charge in [-0.05, 0) is 35.7 Å². The molecule has 4 nitrogen and oxygen atoms in total. The number of nitrogens with two attached hydrogens (primary N) is 1. The second kappa shape index (κ2) is 5.31. The molecule has 1 heterocycles. The number of hydrogen-bond donors (Lipinski definition) is 1. The molecule has 0 radical (unpaired) electrons. The van der Waals surface area contributed by atoms with E-state index in [0.717, 1.165) is 22.3 Å². The third-order valence-electron chi connectivity index (χ3n) is 3.20. The summed E-state index contributed by atoms with van der Waals surface area (Å²) < 4.78 is 2.69. The van der Waals surface area contributed by atoms with Crippen LogP contribution >= 0.6 is 15.9 Å². The van der Waals surface area contributed by atoms with E-state index in [0.29, 0.717) is 12.8 Å². The fraction of sp³-hybridized carbons (Fsp3) is 0.667. The smallest absolute Gasteiger partial charge is 0.158 e. The molecule has 0 bridgehead atoms. The molecule has 2 N–H and O–H groups in total. The van der Waals surface area contributed by atoms with Gasteiger partial charge in [0.15, 0.2) is 5.78 Å². The first-order valence-electron chi connectivity index (χ1n) is 5.85. The standard InChI is InChI=1S/C12H20BrN3O/c1-5-8-11(13)9(16(4)15-8)7-10(17)12(3,14)6-2/h5-7,14H2,1-4H3. The van der Waals surface area contributed by atoms with E-state index in [9.17, 15) is 4.79 Å². The topological polar surface area (TPSA) is 60.9 Å². The van der Waals surface area contributed by atoms with E-state index >= 15 is 0 Å². The Hall–Kier alpha value is -0.680. The highest BCUT2D eigenvalue weighted by Crippen LogP contribution is 2.23. The van der Waals surface area contributed by atoms with E-state index in [4.69, 9.17) is 5.73 Å². The van der Waals surface area contributed by atoms with E-state index < -0.39 is 5.54 Å². The maximum Gasteiger partial charge on any atom is 0.158 e. The summed E-state index contributed by atoms with van der Waals surface area (Å²) in [5, 5.41) is 4.37. The number of Topliss-reactive ketones (excluding diaryl/α,β-unsaturated/α-hetero) is 1. The van der Waals surface area contributed by atoms with Crippen molar-refractivity contribution >= 4 is 21.7 Å². The Bertz CT molecular complexity index is 424. The van der Waals surface area contributed by atoms with Crippen molar-refractivity contribution in [3.63, 3.8) is 0 Å². The van der Waals surface area contributed by atoms with Crippen LogP contribution in [-0.4, -0.2) is 21.1 Å². The lowest BCUT2D eigenvalue weighted by Crippen LogP contribution is -2.45. The van der Waals surface area contributed by atoms with Crippen molar-refractivity contribution in [2.45, 2.75) is 45.6 Å². The minimum absolute atomic E-state index is 0.0475. The molecule has 1 aromatic rings. The maximum atomic E-state index is 12.1. The number of nitrogens with zero attached hydrogens (tertiary/aromatic N) is 2. The van der Waals surface area contributed by atoms with Gasteiger partial charge in [0.2, 0.25) is 0 Å². The average Bonchev–Trinajstić information content (AvgIpc) is 2.56. The van der Waals surface area contributed by atoms with Gasteiger partial charge in [-0.3, -0.25) is 9.48 Å². The van der Waals surface area contributed by atoms with E-state index in [2.05, 4.69) is 21.0 Å². The summed E-state index contributed by atoms with van der Waals surface area (Å²) in [5.74, 6) is 0.0475. The van der Waals surface area contributed by atoms with Gasteiger partial charge in [0.25, 0.3) is 0 Å². The summed E-state index contributed by atoms with van der Waals surface area (Å²) in [6.45, 7) is 5.74. The number of aryl methyl sites for hydroxylation is 2. The summed E-state index contributed by atoms with van der Waals surface area (Å²) in [5.41, 5.74) is 7.08. The van der Waals surface area contributed by atoms with E-state index in [1.54, 1.807) is 11.6 Å². The summed E-state index contributed by atoms with van der Waals surface area (Å²) >= 11 is 3.50. The van der Waals surface area contributed by atoms with Crippen LogP contribution in [0.5, 0.6) is 0 Å². The molecule has 0 saturated carbocycles. The van der Waals surface area contributed by atoms with Crippen LogP contribution in [0.2, 0.25) is 0 Å². The first-order chi connectivity index (χ1) is 7.83. The maximum absolute atomic E-state index is 12.1. The Morgan fingerprint density at radius 3 is 2.53 bits per heavy atom. The van der Waals surface area contributed by atoms with Gasteiger partial charge in [-0.15, -0.1) is 0 Å². The van der Waals surface area contributed by atoms with Crippen molar-refractivity contribution in [1.29, 1.82) is 0 Å². The molecule has 1 unspecified atom stereocenters. The van der Waals surface area contributed by atoms with Crippen LogP contribution in [0.1, 0.15) is 38.6 Å². The van der Waals surface area contributed by atoms with E-state index in [1.807, 2.05) is 20.9 Å². The first-order valence-corrected chi connectivity index (χ1v) is 6.65. The van der Waals surface area contributed by atoms with Gasteiger partial charge in [-0.25, -0.2) is 0 Å². The Morgan fingerprint density at radius 1 is 1.53 bits per heavy atom. The third-order valence-corrected chi connectivity index (χ3v) is 4.12. The van der Waals surface area contributed by atoms with Gasteiger partial charge in [0.1, 0.15) is 0 Å². The summed E-state index contributed by atoms with van der Waals surface area (Å²) in [6, 6.07) is 0. The minimum atomic E-state index is -0.754. The van der Waals surface area contributed by atoms with Gasteiger partial charge in [0.05, 0.1) is 27.8 Å². The zero-order valence-corrected chi connectivity index (χ0v) is 12.5. The number of aromatic nitrogens is 2. The predicted molar refractivity (Wildman–Crippen MR) is 71.9 cm³/mol. The normalized spacial score (nSPS) is 14.7. The van der Waals surface area contributed by atoms with Crippen LogP contribution in [0.15, 0.2) is 4.47 Å². The zero-order valence-electron chi connectivity index (χ0n) is 10.9. The van der Waals surface area contributed by atoms with Crippen molar-refractivity contribution in [1.82, 2.24) is 9.78 Å². The molecule has 1 aromatic heterocycles. The van der Waals surface area contributed by atoms with Gasteiger partial charge in [-0.2, -0.15) is 5.10 Å². The number of ketones is 1. The molecule has 0 saturated heterocycles. The van der Waals surface area contributed by atoms with Crippen LogP contribution in [-0.2, 0) is 24.7 Å².